The summed E-state index contributed by atoms with van der Waals surface area (Å²) in [5.74, 6) is 0. The van der Waals surface area contributed by atoms with Crippen molar-refractivity contribution in [3.8, 4) is 0 Å². The molecule has 0 spiro atoms. The van der Waals surface area contributed by atoms with Gasteiger partial charge in [-0.05, 0) is 6.92 Å². The highest BCUT2D eigenvalue weighted by atomic mass is 32.1. The summed E-state index contributed by atoms with van der Waals surface area (Å²) in [4.78, 5) is 0. The molecule has 1 aromatic rings. The zero-order chi connectivity index (χ0) is 6.69. The molecule has 0 aliphatic rings. The summed E-state index contributed by atoms with van der Waals surface area (Å²) < 4.78 is 2.22. The summed E-state index contributed by atoms with van der Waals surface area (Å²) in [5, 5.41) is 3.46. The third-order valence-electron chi connectivity index (χ3n) is 1.28. The van der Waals surface area contributed by atoms with Crippen LogP contribution in [0.1, 0.15) is 11.4 Å². The Morgan fingerprint density at radius 3 is 3.00 bits per heavy atom. The van der Waals surface area contributed by atoms with Crippen LogP contribution in [-0.4, -0.2) is 0 Å². The third kappa shape index (κ3) is 1.52. The van der Waals surface area contributed by atoms with Gasteiger partial charge in [0.25, 0.3) is 0 Å². The van der Waals surface area contributed by atoms with Crippen molar-refractivity contribution in [2.24, 2.45) is 0 Å². The summed E-state index contributed by atoms with van der Waals surface area (Å²) in [5.41, 5.74) is 0. The second kappa shape index (κ2) is 2.97. The van der Waals surface area contributed by atoms with Crippen molar-refractivity contribution in [2.75, 3.05) is 0 Å². The summed E-state index contributed by atoms with van der Waals surface area (Å²) in [6.45, 7) is 6.96. The molecular formula is C7H11NS+. The number of hydrogen-bond acceptors (Lipinski definition) is 1. The van der Waals surface area contributed by atoms with Crippen LogP contribution in [0.2, 0.25) is 0 Å². The molecule has 2 heteroatoms. The summed E-state index contributed by atoms with van der Waals surface area (Å²) in [6, 6.07) is 0. The van der Waals surface area contributed by atoms with E-state index >= 15 is 0 Å². The van der Waals surface area contributed by atoms with Crippen LogP contribution in [0.3, 0.4) is 0 Å². The van der Waals surface area contributed by atoms with E-state index in [1.807, 2.05) is 0 Å². The highest BCUT2D eigenvalue weighted by molar-refractivity contribution is 7.09. The molecule has 49 valence electrons. The molecule has 1 aromatic heterocycles. The van der Waals surface area contributed by atoms with Gasteiger partial charge in [-0.15, -0.1) is 0 Å². The Labute approximate surface area is 60.0 Å². The third-order valence-corrected chi connectivity index (χ3v) is 2.12. The molecule has 0 aliphatic heterocycles. The van der Waals surface area contributed by atoms with Gasteiger partial charge in [0.2, 0.25) is 5.01 Å². The van der Waals surface area contributed by atoms with Crippen LogP contribution in [0.15, 0.2) is 11.6 Å². The molecule has 9 heavy (non-hydrogen) atoms. The molecule has 0 aliphatic carbocycles. The molecule has 0 atom stereocenters. The largest absolute Gasteiger partial charge is 0.234 e. The van der Waals surface area contributed by atoms with E-state index in [1.54, 1.807) is 11.3 Å². The van der Waals surface area contributed by atoms with Gasteiger partial charge in [0.1, 0.15) is 6.54 Å². The highest BCUT2D eigenvalue weighted by Crippen LogP contribution is 1.98. The van der Waals surface area contributed by atoms with Gasteiger partial charge in [-0.1, -0.05) is 11.3 Å². The molecule has 1 rings (SSSR count). The van der Waals surface area contributed by atoms with Crippen LogP contribution < -0.4 is 4.57 Å². The van der Waals surface area contributed by atoms with E-state index in [2.05, 4.69) is 30.0 Å². The topological polar surface area (TPSA) is 3.88 Å². The first-order chi connectivity index (χ1) is 4.34. The van der Waals surface area contributed by atoms with Gasteiger partial charge in [-0.25, -0.2) is 0 Å². The molecule has 0 fully saturated rings. The van der Waals surface area contributed by atoms with E-state index < -0.39 is 0 Å². The Balaban J connectivity index is 2.69. The number of hydrogen-bond donors (Lipinski definition) is 0. The predicted octanol–water partition coefficient (Wildman–Crippen LogP) is 1.57. The van der Waals surface area contributed by atoms with Crippen LogP contribution in [0.5, 0.6) is 0 Å². The quantitative estimate of drug-likeness (QED) is 0.550. The minimum atomic E-state index is 0.974. The minimum absolute atomic E-state index is 0.974. The smallest absolute Gasteiger partial charge is 0.193 e. The molecule has 0 saturated heterocycles. The Morgan fingerprint density at radius 1 is 1.78 bits per heavy atom. The Kier molecular flexibility index (Phi) is 2.22. The molecule has 1 radical (unpaired) electrons. The maximum atomic E-state index is 3.79. The van der Waals surface area contributed by atoms with E-state index in [-0.39, 0.29) is 0 Å². The first kappa shape index (κ1) is 6.75. The van der Waals surface area contributed by atoms with Crippen molar-refractivity contribution >= 4 is 11.3 Å². The van der Waals surface area contributed by atoms with Crippen molar-refractivity contribution in [1.29, 1.82) is 0 Å². The molecular weight excluding hydrogens is 130 g/mol. The highest BCUT2D eigenvalue weighted by Gasteiger charge is 2.02. The fraction of sp³-hybridized carbons (Fsp3) is 0.429. The van der Waals surface area contributed by atoms with E-state index in [0.29, 0.717) is 0 Å². The van der Waals surface area contributed by atoms with Gasteiger partial charge in [0.15, 0.2) is 6.20 Å². The van der Waals surface area contributed by atoms with Crippen LogP contribution >= 0.6 is 11.3 Å². The lowest BCUT2D eigenvalue weighted by Gasteiger charge is -1.87. The van der Waals surface area contributed by atoms with E-state index in [9.17, 15) is 0 Å². The zero-order valence-corrected chi connectivity index (χ0v) is 6.45. The second-order valence-electron chi connectivity index (χ2n) is 1.97. The Morgan fingerprint density at radius 2 is 2.56 bits per heavy atom. The monoisotopic (exact) mass is 141 g/mol. The molecule has 1 heterocycles. The fourth-order valence-electron chi connectivity index (χ4n) is 0.777. The van der Waals surface area contributed by atoms with E-state index in [0.717, 1.165) is 13.0 Å². The van der Waals surface area contributed by atoms with Crippen molar-refractivity contribution in [1.82, 2.24) is 0 Å². The average molecular weight is 141 g/mol. The van der Waals surface area contributed by atoms with Crippen LogP contribution in [-0.2, 0) is 6.54 Å². The van der Waals surface area contributed by atoms with Gasteiger partial charge >= 0.3 is 0 Å². The zero-order valence-electron chi connectivity index (χ0n) is 5.63. The van der Waals surface area contributed by atoms with Gasteiger partial charge in [0.05, 0.1) is 5.38 Å². The number of nitrogens with zero attached hydrogens (tertiary/aromatic N) is 1. The van der Waals surface area contributed by atoms with Crippen molar-refractivity contribution in [2.45, 2.75) is 19.9 Å². The van der Waals surface area contributed by atoms with Crippen LogP contribution in [0.4, 0.5) is 0 Å². The lowest BCUT2D eigenvalue weighted by molar-refractivity contribution is -0.697. The Hall–Kier alpha value is -0.370. The molecule has 1 nitrogen and oxygen atoms in total. The maximum Gasteiger partial charge on any atom is 0.234 e. The first-order valence-electron chi connectivity index (χ1n) is 3.07. The fourth-order valence-corrected chi connectivity index (χ4v) is 1.47. The summed E-state index contributed by atoms with van der Waals surface area (Å²) in [6.07, 6.45) is 3.08. The van der Waals surface area contributed by atoms with Crippen LogP contribution in [0, 0.1) is 13.8 Å². The van der Waals surface area contributed by atoms with Crippen molar-refractivity contribution < 1.29 is 4.57 Å². The summed E-state index contributed by atoms with van der Waals surface area (Å²) in [7, 11) is 0. The molecule has 0 amide bonds. The second-order valence-corrected chi connectivity index (χ2v) is 3.07. The maximum absolute atomic E-state index is 3.79. The van der Waals surface area contributed by atoms with Crippen LogP contribution in [0.25, 0.3) is 0 Å². The standard InChI is InChI=1S/C7H11NS/c1-3-4-8-5-6-9-7(8)2/h5-6H,1,3-4H2,2H3/q+1. The first-order valence-corrected chi connectivity index (χ1v) is 3.95. The number of aryl methyl sites for hydroxylation is 2. The van der Waals surface area contributed by atoms with Gasteiger partial charge < -0.3 is 0 Å². The molecule has 0 aromatic carbocycles. The minimum Gasteiger partial charge on any atom is -0.193 e. The SMILES string of the molecule is [CH2]CC[n+]1ccsc1C. The molecule has 0 saturated carbocycles. The van der Waals surface area contributed by atoms with Gasteiger partial charge in [-0.3, -0.25) is 0 Å². The van der Waals surface area contributed by atoms with Gasteiger partial charge in [-0.2, -0.15) is 4.57 Å². The number of aromatic nitrogens is 1. The summed E-state index contributed by atoms with van der Waals surface area (Å²) >= 11 is 1.78. The number of thiazole rings is 1. The predicted molar refractivity (Wildman–Crippen MR) is 39.2 cm³/mol. The number of rotatable bonds is 2. The normalized spacial score (nSPS) is 10.0. The molecule has 0 bridgehead atoms. The van der Waals surface area contributed by atoms with E-state index in [1.165, 1.54) is 5.01 Å². The average Bonchev–Trinajstić information content (AvgIpc) is 2.18. The van der Waals surface area contributed by atoms with E-state index in [4.69, 9.17) is 0 Å². The van der Waals surface area contributed by atoms with Crippen molar-refractivity contribution in [3.05, 3.63) is 23.5 Å². The Bertz CT molecular complexity index is 181. The molecule has 0 N–H and O–H groups in total. The lowest BCUT2D eigenvalue weighted by Crippen LogP contribution is -2.33. The molecule has 0 unspecified atom stereocenters. The van der Waals surface area contributed by atoms with Crippen molar-refractivity contribution in [3.63, 3.8) is 0 Å². The van der Waals surface area contributed by atoms with Gasteiger partial charge in [0, 0.05) is 13.3 Å². The lowest BCUT2D eigenvalue weighted by atomic mass is 10.5.